The number of nitrogen functional groups attached to an aromatic ring is 1. The fourth-order valence-corrected chi connectivity index (χ4v) is 3.31. The lowest BCUT2D eigenvalue weighted by atomic mass is 10.2. The third-order valence-corrected chi connectivity index (χ3v) is 5.10. The number of ether oxygens (including phenoxy) is 2. The van der Waals surface area contributed by atoms with Crippen LogP contribution in [0.2, 0.25) is 10.0 Å². The van der Waals surface area contributed by atoms with Crippen molar-refractivity contribution in [2.24, 2.45) is 0 Å². The molecule has 2 aromatic carbocycles. The average Bonchev–Trinajstić information content (AvgIpc) is 3.20. The van der Waals surface area contributed by atoms with Crippen LogP contribution in [-0.2, 0) is 13.2 Å². The molecule has 0 aliphatic carbocycles. The number of nitrogens with two attached hydrogens (primary N) is 1. The normalized spacial score (nSPS) is 10.7. The topological polar surface area (TPSA) is 125 Å². The molecule has 4 N–H and O–H groups in total. The van der Waals surface area contributed by atoms with E-state index in [1.807, 2.05) is 25.1 Å². The molecule has 9 nitrogen and oxygen atoms in total. The van der Waals surface area contributed by atoms with E-state index in [0.717, 1.165) is 5.56 Å². The smallest absolute Gasteiger partial charge is 0.277 e. The Balaban J connectivity index is 1.51. The summed E-state index contributed by atoms with van der Waals surface area (Å²) in [6.45, 7) is 4.10. The van der Waals surface area contributed by atoms with Gasteiger partial charge in [-0.2, -0.15) is 0 Å². The molecule has 0 saturated carbocycles. The summed E-state index contributed by atoms with van der Waals surface area (Å²) in [4.78, 5) is 11.9. The lowest BCUT2D eigenvalue weighted by Crippen LogP contribution is -2.32. The Kier molecular flexibility index (Phi) is 8.55. The minimum Gasteiger partial charge on any atom is -0.490 e. The van der Waals surface area contributed by atoms with Crippen LogP contribution in [0.15, 0.2) is 41.0 Å². The van der Waals surface area contributed by atoms with Gasteiger partial charge >= 0.3 is 0 Å². The van der Waals surface area contributed by atoms with Gasteiger partial charge in [-0.05, 0) is 47.1 Å². The van der Waals surface area contributed by atoms with E-state index in [4.69, 9.17) is 38.4 Å². The molecular formula is C21H23Cl2N5O4. The zero-order chi connectivity index (χ0) is 22.9. The van der Waals surface area contributed by atoms with E-state index in [1.54, 1.807) is 18.2 Å². The number of benzene rings is 2. The predicted octanol–water partition coefficient (Wildman–Crippen LogP) is 3.46. The molecule has 0 aliphatic rings. The van der Waals surface area contributed by atoms with E-state index in [0.29, 0.717) is 53.3 Å². The van der Waals surface area contributed by atoms with Crippen molar-refractivity contribution in [3.8, 4) is 11.5 Å². The van der Waals surface area contributed by atoms with Gasteiger partial charge in [-0.1, -0.05) is 35.3 Å². The second kappa shape index (κ2) is 11.6. The Labute approximate surface area is 195 Å². The van der Waals surface area contributed by atoms with Gasteiger partial charge in [0.25, 0.3) is 5.91 Å². The zero-order valence-corrected chi connectivity index (χ0v) is 18.9. The van der Waals surface area contributed by atoms with Crippen molar-refractivity contribution in [3.05, 3.63) is 63.3 Å². The molecule has 0 aliphatic heterocycles. The molecule has 11 heteroatoms. The molecule has 1 heterocycles. The van der Waals surface area contributed by atoms with Gasteiger partial charge < -0.3 is 25.8 Å². The molecule has 1 aromatic heterocycles. The second-order valence-corrected chi connectivity index (χ2v) is 7.45. The molecule has 1 amide bonds. The number of rotatable bonds is 11. The summed E-state index contributed by atoms with van der Waals surface area (Å²) in [7, 11) is 0. The minimum atomic E-state index is -0.440. The van der Waals surface area contributed by atoms with Gasteiger partial charge in [-0.3, -0.25) is 4.79 Å². The molecule has 0 fully saturated rings. The first-order valence-electron chi connectivity index (χ1n) is 9.88. The van der Waals surface area contributed by atoms with Gasteiger partial charge in [0.15, 0.2) is 11.5 Å². The van der Waals surface area contributed by atoms with Crippen LogP contribution in [-0.4, -0.2) is 35.9 Å². The summed E-state index contributed by atoms with van der Waals surface area (Å²) in [5, 5.41) is 13.8. The number of carbonyl (C=O) groups excluding carboxylic acids is 1. The van der Waals surface area contributed by atoms with Crippen molar-refractivity contribution in [1.29, 1.82) is 0 Å². The number of amides is 1. The Hall–Kier alpha value is -3.01. The highest BCUT2D eigenvalue weighted by Crippen LogP contribution is 2.31. The van der Waals surface area contributed by atoms with Crippen LogP contribution in [0.1, 0.15) is 28.5 Å². The third-order valence-electron chi connectivity index (χ3n) is 4.39. The molecule has 3 rings (SSSR count). The highest BCUT2D eigenvalue weighted by molar-refractivity contribution is 6.35. The van der Waals surface area contributed by atoms with E-state index in [1.165, 1.54) is 0 Å². The highest BCUT2D eigenvalue weighted by Gasteiger charge is 2.15. The van der Waals surface area contributed by atoms with Crippen molar-refractivity contribution in [2.75, 3.05) is 25.4 Å². The summed E-state index contributed by atoms with van der Waals surface area (Å²) >= 11 is 12.4. The van der Waals surface area contributed by atoms with E-state index >= 15 is 0 Å². The van der Waals surface area contributed by atoms with Gasteiger partial charge in [0.2, 0.25) is 11.5 Å². The highest BCUT2D eigenvalue weighted by atomic mass is 35.5. The molecule has 3 aromatic rings. The van der Waals surface area contributed by atoms with Crippen LogP contribution in [0.3, 0.4) is 0 Å². The van der Waals surface area contributed by atoms with Crippen LogP contribution in [0, 0.1) is 0 Å². The van der Waals surface area contributed by atoms with Crippen molar-refractivity contribution in [3.63, 3.8) is 0 Å². The quantitative estimate of drug-likeness (QED) is 0.357. The Bertz CT molecular complexity index is 1040. The molecule has 0 bridgehead atoms. The Morgan fingerprint density at radius 2 is 1.88 bits per heavy atom. The largest absolute Gasteiger partial charge is 0.490 e. The monoisotopic (exact) mass is 479 g/mol. The first-order chi connectivity index (χ1) is 15.5. The second-order valence-electron chi connectivity index (χ2n) is 6.63. The van der Waals surface area contributed by atoms with Crippen LogP contribution < -0.4 is 25.8 Å². The number of hydrogen-bond acceptors (Lipinski definition) is 8. The third kappa shape index (κ3) is 6.25. The first-order valence-corrected chi connectivity index (χ1v) is 10.6. The maximum atomic E-state index is 11.9. The van der Waals surface area contributed by atoms with E-state index in [2.05, 4.69) is 25.6 Å². The van der Waals surface area contributed by atoms with Crippen molar-refractivity contribution in [1.82, 2.24) is 20.9 Å². The lowest BCUT2D eigenvalue weighted by Gasteiger charge is -2.15. The number of anilines is 1. The fourth-order valence-electron chi connectivity index (χ4n) is 2.80. The van der Waals surface area contributed by atoms with Crippen LogP contribution >= 0.6 is 23.2 Å². The van der Waals surface area contributed by atoms with E-state index < -0.39 is 5.91 Å². The number of nitrogens with zero attached hydrogens (tertiary/aromatic N) is 2. The van der Waals surface area contributed by atoms with Crippen molar-refractivity contribution < 1.29 is 18.9 Å². The minimum absolute atomic E-state index is 0.0278. The molecule has 0 radical (unpaired) electrons. The predicted molar refractivity (Wildman–Crippen MR) is 121 cm³/mol. The standard InChI is InChI=1S/C21H23Cl2N5O4/c1-2-30-18-10-13(11-25-8-9-26-21(29)19-20(24)28-32-27-19)6-7-17(18)31-12-14-15(22)4-3-5-16(14)23/h3-7,10,25H,2,8-9,11-12H2,1H3,(H2,24,28)(H,26,29). The van der Waals surface area contributed by atoms with Gasteiger partial charge in [0.05, 0.1) is 6.61 Å². The molecule has 0 unspecified atom stereocenters. The van der Waals surface area contributed by atoms with Gasteiger partial charge in [0, 0.05) is 35.2 Å². The Morgan fingerprint density at radius 1 is 1.09 bits per heavy atom. The summed E-state index contributed by atoms with van der Waals surface area (Å²) in [6, 6.07) is 11.0. The number of aromatic nitrogens is 2. The van der Waals surface area contributed by atoms with Crippen LogP contribution in [0.4, 0.5) is 5.82 Å². The molecule has 0 saturated heterocycles. The summed E-state index contributed by atoms with van der Waals surface area (Å²) in [5.41, 5.74) is 7.17. The maximum absolute atomic E-state index is 11.9. The molecule has 32 heavy (non-hydrogen) atoms. The van der Waals surface area contributed by atoms with Crippen LogP contribution in [0.5, 0.6) is 11.5 Å². The van der Waals surface area contributed by atoms with Gasteiger partial charge in [0.1, 0.15) is 6.61 Å². The molecule has 0 atom stereocenters. The number of halogens is 2. The lowest BCUT2D eigenvalue weighted by molar-refractivity contribution is 0.0944. The first kappa shape index (κ1) is 23.6. The van der Waals surface area contributed by atoms with Crippen LogP contribution in [0.25, 0.3) is 0 Å². The van der Waals surface area contributed by atoms with Crippen molar-refractivity contribution in [2.45, 2.75) is 20.1 Å². The zero-order valence-electron chi connectivity index (χ0n) is 17.4. The summed E-state index contributed by atoms with van der Waals surface area (Å²) < 4.78 is 16.1. The summed E-state index contributed by atoms with van der Waals surface area (Å²) in [6.07, 6.45) is 0. The summed E-state index contributed by atoms with van der Waals surface area (Å²) in [5.74, 6) is 0.734. The van der Waals surface area contributed by atoms with Gasteiger partial charge in [-0.15, -0.1) is 0 Å². The Morgan fingerprint density at radius 3 is 2.56 bits per heavy atom. The van der Waals surface area contributed by atoms with E-state index in [-0.39, 0.29) is 18.1 Å². The number of carbonyl (C=O) groups is 1. The molecular weight excluding hydrogens is 457 g/mol. The maximum Gasteiger partial charge on any atom is 0.277 e. The number of hydrogen-bond donors (Lipinski definition) is 3. The SMILES string of the molecule is CCOc1cc(CNCCNC(=O)c2nonc2N)ccc1OCc1c(Cl)cccc1Cl. The average molecular weight is 480 g/mol. The molecule has 170 valence electrons. The fraction of sp³-hybridized carbons (Fsp3) is 0.286. The number of nitrogens with one attached hydrogen (secondary N) is 2. The van der Waals surface area contributed by atoms with E-state index in [9.17, 15) is 4.79 Å². The van der Waals surface area contributed by atoms with Crippen molar-refractivity contribution >= 4 is 34.9 Å². The van der Waals surface area contributed by atoms with Gasteiger partial charge in [-0.25, -0.2) is 4.63 Å². The molecule has 0 spiro atoms.